The largest absolute Gasteiger partial charge is 1.00 e. The van der Waals surface area contributed by atoms with Gasteiger partial charge in [0, 0.05) is 32.3 Å². The molecule has 0 saturated heterocycles. The number of fused-ring (bicyclic) bond motifs is 6. The van der Waals surface area contributed by atoms with Crippen molar-refractivity contribution in [1.82, 2.24) is 29.9 Å². The number of rotatable bonds is 3. The van der Waals surface area contributed by atoms with Crippen molar-refractivity contribution in [3.05, 3.63) is 218 Å². The zero-order chi connectivity index (χ0) is 44.6. The van der Waals surface area contributed by atoms with Gasteiger partial charge in [0.25, 0.3) is 0 Å². The fourth-order valence-corrected chi connectivity index (χ4v) is 7.25. The van der Waals surface area contributed by atoms with E-state index in [-0.39, 0.29) is 17.1 Å². The van der Waals surface area contributed by atoms with Crippen molar-refractivity contribution in [2.24, 2.45) is 0 Å². The predicted molar refractivity (Wildman–Crippen MR) is 247 cm³/mol. The van der Waals surface area contributed by atoms with Gasteiger partial charge in [-0.2, -0.15) is 0 Å². The minimum Gasteiger partial charge on any atom is -0.246 e. The van der Waals surface area contributed by atoms with Crippen LogP contribution in [-0.4, -0.2) is 29.9 Å². The molecular weight excluding hydrogens is 896 g/mol. The van der Waals surface area contributed by atoms with Gasteiger partial charge in [-0.05, 0) is 72.8 Å². The molecule has 0 fully saturated rings. The molecule has 0 spiro atoms. The molecule has 12 heteroatoms. The van der Waals surface area contributed by atoms with Gasteiger partial charge < -0.3 is 0 Å². The van der Waals surface area contributed by atoms with Crippen LogP contribution >= 0.6 is 0 Å². The van der Waals surface area contributed by atoms with Crippen LogP contribution in [0.1, 0.15) is 0 Å². The first kappa shape index (κ1) is 45.0. The van der Waals surface area contributed by atoms with Crippen molar-refractivity contribution in [2.75, 3.05) is 0 Å². The van der Waals surface area contributed by atoms with E-state index < -0.39 is 10.2 Å². The van der Waals surface area contributed by atoms with Crippen LogP contribution in [0.15, 0.2) is 218 Å². The van der Waals surface area contributed by atoms with Crippen molar-refractivity contribution in [2.45, 2.75) is 0 Å². The van der Waals surface area contributed by atoms with Crippen LogP contribution in [0.25, 0.3) is 99.6 Å². The van der Waals surface area contributed by atoms with Crippen molar-refractivity contribution >= 4 is 65.4 Å². The van der Waals surface area contributed by atoms with Gasteiger partial charge >= 0.3 is 17.1 Å². The summed E-state index contributed by atoms with van der Waals surface area (Å²) in [6.07, 6.45) is 0. The van der Waals surface area contributed by atoms with E-state index in [1.807, 2.05) is 146 Å². The summed E-state index contributed by atoms with van der Waals surface area (Å²) in [6, 6.07) is 73.5. The molecule has 66 heavy (non-hydrogen) atoms. The second kappa shape index (κ2) is 20.5. The molecule has 0 amide bonds. The molecule has 0 radical (unpaired) electrons. The molecule has 12 rings (SSSR count). The van der Waals surface area contributed by atoms with Crippen molar-refractivity contribution in [1.29, 1.82) is 0 Å². The quantitative estimate of drug-likeness (QED) is 0.156. The minimum absolute atomic E-state index is 0. The zero-order valence-corrected chi connectivity index (χ0v) is 36.5. The molecule has 6 heterocycles. The van der Waals surface area contributed by atoms with E-state index >= 15 is 0 Å². The molecule has 324 valence electrons. The summed E-state index contributed by atoms with van der Waals surface area (Å²) >= 11 is 0. The van der Waals surface area contributed by atoms with Crippen LogP contribution in [0.2, 0.25) is 0 Å². The standard InChI is InChI=1S/3C18H12N2.ClHO4.Cu/c3*1-3-7-15-13(5-1)9-11-17(19-15)18-12-10-14-6-2-4-8-16(14)20-18;2-1(3,4)5;/h3*1-12H;(H,2,3,4,5);/q;;;;+1/p-1. The third kappa shape index (κ3) is 11.2. The van der Waals surface area contributed by atoms with Crippen LogP contribution in [0.4, 0.5) is 0 Å². The Morgan fingerprint density at radius 1 is 0.212 bits per heavy atom. The molecule has 0 aliphatic heterocycles. The Labute approximate surface area is 391 Å². The molecule has 0 atom stereocenters. The van der Waals surface area contributed by atoms with E-state index in [0.29, 0.717) is 0 Å². The maximum absolute atomic E-state index is 8.49. The molecule has 12 aromatic rings. The molecule has 6 aromatic carbocycles. The molecule has 6 aromatic heterocycles. The van der Waals surface area contributed by atoms with E-state index in [1.165, 1.54) is 0 Å². The molecule has 0 N–H and O–H groups in total. The maximum Gasteiger partial charge on any atom is 1.00 e. The minimum atomic E-state index is -4.94. The van der Waals surface area contributed by atoms with Gasteiger partial charge in [-0.3, -0.25) is 0 Å². The summed E-state index contributed by atoms with van der Waals surface area (Å²) in [7, 11) is -4.94. The molecule has 0 bridgehead atoms. The first-order chi connectivity index (χ1) is 31.7. The van der Waals surface area contributed by atoms with Crippen LogP contribution in [0.3, 0.4) is 0 Å². The molecular formula is C54H36ClCuN6O4. The van der Waals surface area contributed by atoms with Gasteiger partial charge in [0.1, 0.15) is 0 Å². The van der Waals surface area contributed by atoms with Gasteiger partial charge in [0.05, 0.1) is 67.3 Å². The number of hydrogen-bond donors (Lipinski definition) is 0. The molecule has 10 nitrogen and oxygen atoms in total. The molecule has 0 unspecified atom stereocenters. The zero-order valence-electron chi connectivity index (χ0n) is 34.8. The van der Waals surface area contributed by atoms with Gasteiger partial charge in [-0.1, -0.05) is 146 Å². The number of benzene rings is 6. The van der Waals surface area contributed by atoms with E-state index in [0.717, 1.165) is 99.6 Å². The van der Waals surface area contributed by atoms with Crippen molar-refractivity contribution in [3.8, 4) is 34.2 Å². The Kier molecular flexibility index (Phi) is 14.0. The fourth-order valence-electron chi connectivity index (χ4n) is 7.25. The van der Waals surface area contributed by atoms with Gasteiger partial charge in [0.15, 0.2) is 0 Å². The normalized spacial score (nSPS) is 10.9. The number of hydrogen-bond acceptors (Lipinski definition) is 10. The monoisotopic (exact) mass is 930 g/mol. The summed E-state index contributed by atoms with van der Waals surface area (Å²) in [5.74, 6) is 0. The first-order valence-electron chi connectivity index (χ1n) is 20.5. The third-order valence-electron chi connectivity index (χ3n) is 10.4. The van der Waals surface area contributed by atoms with Crippen molar-refractivity contribution in [3.63, 3.8) is 0 Å². The molecule has 0 saturated carbocycles. The Balaban J connectivity index is 0.000000127. The predicted octanol–water partition coefficient (Wildman–Crippen LogP) is 8.59. The molecule has 0 aliphatic rings. The number of para-hydroxylation sites is 6. The van der Waals surface area contributed by atoms with E-state index in [4.69, 9.17) is 18.6 Å². The van der Waals surface area contributed by atoms with Crippen LogP contribution in [-0.2, 0) is 17.1 Å². The van der Waals surface area contributed by atoms with Crippen LogP contribution in [0, 0.1) is 10.2 Å². The average Bonchev–Trinajstić information content (AvgIpc) is 3.35. The first-order valence-corrected chi connectivity index (χ1v) is 21.7. The Morgan fingerprint density at radius 3 is 0.500 bits per heavy atom. The van der Waals surface area contributed by atoms with Gasteiger partial charge in [-0.15, -0.1) is 10.2 Å². The number of nitrogens with zero attached hydrogens (tertiary/aromatic N) is 6. The fraction of sp³-hybridized carbons (Fsp3) is 0. The second-order valence-electron chi connectivity index (χ2n) is 14.7. The van der Waals surface area contributed by atoms with Crippen LogP contribution in [0.5, 0.6) is 0 Å². The number of pyridine rings is 6. The summed E-state index contributed by atoms with van der Waals surface area (Å²) in [5, 5.41) is 6.90. The van der Waals surface area contributed by atoms with E-state index in [1.54, 1.807) is 0 Å². The van der Waals surface area contributed by atoms with Crippen molar-refractivity contribution < 1.29 is 45.9 Å². The summed E-state index contributed by atoms with van der Waals surface area (Å²) in [5.41, 5.74) is 11.5. The van der Waals surface area contributed by atoms with E-state index in [2.05, 4.69) is 103 Å². The summed E-state index contributed by atoms with van der Waals surface area (Å²) in [6.45, 7) is 0. The Bertz CT molecular complexity index is 3010. The summed E-state index contributed by atoms with van der Waals surface area (Å²) in [4.78, 5) is 28.1. The number of halogens is 1. The second-order valence-corrected chi connectivity index (χ2v) is 15.5. The number of aromatic nitrogens is 6. The van der Waals surface area contributed by atoms with Gasteiger partial charge in [-0.25, -0.2) is 48.5 Å². The molecule has 0 aliphatic carbocycles. The van der Waals surface area contributed by atoms with E-state index in [9.17, 15) is 0 Å². The van der Waals surface area contributed by atoms with Gasteiger partial charge in [0.2, 0.25) is 0 Å². The maximum atomic E-state index is 8.49. The summed E-state index contributed by atoms with van der Waals surface area (Å²) < 4.78 is 34.0. The Morgan fingerprint density at radius 2 is 0.348 bits per heavy atom. The van der Waals surface area contributed by atoms with Crippen LogP contribution < -0.4 is 18.6 Å². The Hall–Kier alpha value is -7.57. The topological polar surface area (TPSA) is 170 Å². The third-order valence-corrected chi connectivity index (χ3v) is 10.4. The smallest absolute Gasteiger partial charge is 0.246 e. The SMILES string of the molecule is [Cu+].[O-][Cl+3]([O-])([O-])[O-].c1ccc2nc(-c3ccc4ccccc4n3)ccc2c1.c1ccc2nc(-c3ccc4ccccc4n3)ccc2c1.c1ccc2nc(-c3ccc4ccccc4n3)ccc2c1. The average molecular weight is 932 g/mol.